The largest absolute Gasteiger partial charge is 0.494 e. The molecule has 1 amide bonds. The second-order valence-corrected chi connectivity index (χ2v) is 5.35. The third kappa shape index (κ3) is 3.89. The first-order valence-electron chi connectivity index (χ1n) is 7.54. The smallest absolute Gasteiger partial charge is 0.307 e. The molecule has 1 aromatic carbocycles. The van der Waals surface area contributed by atoms with E-state index < -0.39 is 28.6 Å². The highest BCUT2D eigenvalue weighted by Gasteiger charge is 2.34. The van der Waals surface area contributed by atoms with Crippen LogP contribution in [0.1, 0.15) is 19.8 Å². The van der Waals surface area contributed by atoms with Crippen LogP contribution in [0, 0.1) is 22.0 Å². The summed E-state index contributed by atoms with van der Waals surface area (Å²) < 4.78 is 5.22. The van der Waals surface area contributed by atoms with Crippen LogP contribution in [0.4, 0.5) is 11.4 Å². The summed E-state index contributed by atoms with van der Waals surface area (Å²) in [4.78, 5) is 34.3. The van der Waals surface area contributed by atoms with Crippen molar-refractivity contribution >= 4 is 23.3 Å². The first-order valence-corrected chi connectivity index (χ1v) is 7.54. The van der Waals surface area contributed by atoms with Gasteiger partial charge in [0.05, 0.1) is 29.4 Å². The average molecular weight is 334 g/mol. The van der Waals surface area contributed by atoms with Crippen molar-refractivity contribution in [3.63, 3.8) is 0 Å². The van der Waals surface area contributed by atoms with Gasteiger partial charge in [-0.15, -0.1) is 0 Å². The molecule has 0 heterocycles. The van der Waals surface area contributed by atoms with E-state index in [1.54, 1.807) is 19.1 Å². The third-order valence-electron chi connectivity index (χ3n) is 3.82. The maximum absolute atomic E-state index is 12.4. The van der Waals surface area contributed by atoms with Gasteiger partial charge in [-0.3, -0.25) is 19.7 Å². The number of nitrogens with one attached hydrogen (secondary N) is 1. The Morgan fingerprint density at radius 3 is 2.58 bits per heavy atom. The number of carboxylic acid groups (broad SMARTS) is 1. The predicted molar refractivity (Wildman–Crippen MR) is 85.9 cm³/mol. The van der Waals surface area contributed by atoms with Crippen molar-refractivity contribution in [2.24, 2.45) is 11.8 Å². The third-order valence-corrected chi connectivity index (χ3v) is 3.82. The number of amides is 1. The minimum atomic E-state index is -1.05. The Morgan fingerprint density at radius 2 is 2.00 bits per heavy atom. The lowest BCUT2D eigenvalue weighted by Gasteiger charge is -2.24. The summed E-state index contributed by atoms with van der Waals surface area (Å²) in [6, 6.07) is 4.13. The number of hydrogen-bond acceptors (Lipinski definition) is 5. The van der Waals surface area contributed by atoms with E-state index >= 15 is 0 Å². The number of ether oxygens (including phenoxy) is 1. The maximum atomic E-state index is 12.4. The minimum absolute atomic E-state index is 0.0205. The summed E-state index contributed by atoms with van der Waals surface area (Å²) in [5, 5.41) is 22.9. The number of rotatable bonds is 6. The van der Waals surface area contributed by atoms with Crippen LogP contribution >= 0.6 is 0 Å². The number of nitro benzene ring substituents is 1. The standard InChI is InChI=1S/C16H18N2O6/c1-2-24-10-7-8-13(14(9-10)18(22)23)17-15(19)11-5-3-4-6-12(11)16(20)21/h3-4,7-9,11-12H,2,5-6H2,1H3,(H,17,19)(H,20,21)/t11-,12+/m0/s1. The van der Waals surface area contributed by atoms with Gasteiger partial charge < -0.3 is 15.2 Å². The molecular weight excluding hydrogens is 316 g/mol. The average Bonchev–Trinajstić information content (AvgIpc) is 2.56. The SMILES string of the molecule is CCOc1ccc(NC(=O)[C@H]2CC=CC[C@H]2C(=O)O)c([N+](=O)[O-])c1. The topological polar surface area (TPSA) is 119 Å². The molecule has 1 aromatic rings. The number of hydrogen-bond donors (Lipinski definition) is 2. The molecule has 0 saturated carbocycles. The highest BCUT2D eigenvalue weighted by molar-refractivity contribution is 5.97. The molecule has 24 heavy (non-hydrogen) atoms. The Balaban J connectivity index is 2.23. The van der Waals surface area contributed by atoms with Gasteiger partial charge in [0.15, 0.2) is 0 Å². The van der Waals surface area contributed by atoms with E-state index in [-0.39, 0.29) is 24.2 Å². The molecule has 2 atom stereocenters. The van der Waals surface area contributed by atoms with Gasteiger partial charge in [0.2, 0.25) is 5.91 Å². The van der Waals surface area contributed by atoms with E-state index in [1.807, 2.05) is 0 Å². The number of allylic oxidation sites excluding steroid dienone is 2. The fourth-order valence-electron chi connectivity index (χ4n) is 2.63. The monoisotopic (exact) mass is 334 g/mol. The van der Waals surface area contributed by atoms with Crippen molar-refractivity contribution in [1.82, 2.24) is 0 Å². The van der Waals surface area contributed by atoms with Gasteiger partial charge in [-0.25, -0.2) is 0 Å². The van der Waals surface area contributed by atoms with Crippen LogP contribution in [-0.4, -0.2) is 28.5 Å². The first kappa shape index (κ1) is 17.5. The lowest BCUT2D eigenvalue weighted by molar-refractivity contribution is -0.384. The molecule has 128 valence electrons. The van der Waals surface area contributed by atoms with Crippen molar-refractivity contribution in [3.8, 4) is 5.75 Å². The zero-order valence-corrected chi connectivity index (χ0v) is 13.1. The molecular formula is C16H18N2O6. The summed E-state index contributed by atoms with van der Waals surface area (Å²) in [7, 11) is 0. The van der Waals surface area contributed by atoms with Crippen LogP contribution in [-0.2, 0) is 9.59 Å². The quantitative estimate of drug-likeness (QED) is 0.469. The van der Waals surface area contributed by atoms with Crippen molar-refractivity contribution in [2.45, 2.75) is 19.8 Å². The molecule has 8 heteroatoms. The number of carboxylic acids is 1. The highest BCUT2D eigenvalue weighted by atomic mass is 16.6. The number of carbonyl (C=O) groups excluding carboxylic acids is 1. The Labute approximate surface area is 138 Å². The summed E-state index contributed by atoms with van der Waals surface area (Å²) >= 11 is 0. The number of carbonyl (C=O) groups is 2. The van der Waals surface area contributed by atoms with Crippen molar-refractivity contribution < 1.29 is 24.4 Å². The molecule has 2 N–H and O–H groups in total. The Morgan fingerprint density at radius 1 is 1.33 bits per heavy atom. The Kier molecular flexibility index (Phi) is 5.51. The van der Waals surface area contributed by atoms with E-state index in [2.05, 4.69) is 5.32 Å². The highest BCUT2D eigenvalue weighted by Crippen LogP contribution is 2.32. The van der Waals surface area contributed by atoms with Gasteiger partial charge in [0, 0.05) is 0 Å². The van der Waals surface area contributed by atoms with E-state index in [0.29, 0.717) is 12.4 Å². The van der Waals surface area contributed by atoms with Crippen LogP contribution in [0.25, 0.3) is 0 Å². The summed E-state index contributed by atoms with van der Waals surface area (Å²) in [6.45, 7) is 2.11. The molecule has 0 bridgehead atoms. The molecule has 0 aromatic heterocycles. The Bertz CT molecular complexity index is 685. The number of nitrogens with zero attached hydrogens (tertiary/aromatic N) is 1. The van der Waals surface area contributed by atoms with E-state index in [4.69, 9.17) is 4.74 Å². The molecule has 8 nitrogen and oxygen atoms in total. The van der Waals surface area contributed by atoms with Gasteiger partial charge in [0.25, 0.3) is 5.69 Å². The lowest BCUT2D eigenvalue weighted by Crippen LogP contribution is -2.34. The molecule has 0 fully saturated rings. The molecule has 0 unspecified atom stereocenters. The van der Waals surface area contributed by atoms with Crippen LogP contribution in [0.15, 0.2) is 30.4 Å². The van der Waals surface area contributed by atoms with E-state index in [1.165, 1.54) is 18.2 Å². The molecule has 0 spiro atoms. The number of nitro groups is 1. The van der Waals surface area contributed by atoms with Gasteiger partial charge in [-0.05, 0) is 31.9 Å². The Hall–Kier alpha value is -2.90. The maximum Gasteiger partial charge on any atom is 0.307 e. The second-order valence-electron chi connectivity index (χ2n) is 5.35. The van der Waals surface area contributed by atoms with Crippen LogP contribution in [0.5, 0.6) is 5.75 Å². The van der Waals surface area contributed by atoms with Crippen molar-refractivity contribution in [2.75, 3.05) is 11.9 Å². The first-order chi connectivity index (χ1) is 11.4. The van der Waals surface area contributed by atoms with Gasteiger partial charge in [-0.1, -0.05) is 12.2 Å². The number of aliphatic carboxylic acids is 1. The van der Waals surface area contributed by atoms with Crippen LogP contribution in [0.2, 0.25) is 0 Å². The zero-order valence-electron chi connectivity index (χ0n) is 13.1. The summed E-state index contributed by atoms with van der Waals surface area (Å²) in [5.74, 6) is -2.87. The second kappa shape index (κ2) is 7.58. The normalized spacial score (nSPS) is 19.5. The number of benzene rings is 1. The van der Waals surface area contributed by atoms with Crippen molar-refractivity contribution in [1.29, 1.82) is 0 Å². The van der Waals surface area contributed by atoms with E-state index in [9.17, 15) is 24.8 Å². The molecule has 1 aliphatic carbocycles. The minimum Gasteiger partial charge on any atom is -0.494 e. The van der Waals surface area contributed by atoms with Gasteiger partial charge in [-0.2, -0.15) is 0 Å². The molecule has 2 rings (SSSR count). The summed E-state index contributed by atoms with van der Waals surface area (Å²) in [6.07, 6.45) is 4.02. The number of anilines is 1. The predicted octanol–water partition coefficient (Wildman–Crippen LogP) is 2.60. The van der Waals surface area contributed by atoms with Crippen LogP contribution in [0.3, 0.4) is 0 Å². The van der Waals surface area contributed by atoms with Crippen molar-refractivity contribution in [3.05, 3.63) is 40.5 Å². The molecule has 0 radical (unpaired) electrons. The molecule has 0 aliphatic heterocycles. The molecule has 1 aliphatic rings. The fourth-order valence-corrected chi connectivity index (χ4v) is 2.63. The van der Waals surface area contributed by atoms with Gasteiger partial charge >= 0.3 is 5.97 Å². The summed E-state index contributed by atoms with van der Waals surface area (Å²) in [5.41, 5.74) is -0.278. The van der Waals surface area contributed by atoms with E-state index in [0.717, 1.165) is 0 Å². The van der Waals surface area contributed by atoms with Crippen LogP contribution < -0.4 is 10.1 Å². The zero-order chi connectivity index (χ0) is 17.7. The van der Waals surface area contributed by atoms with Gasteiger partial charge in [0.1, 0.15) is 11.4 Å². The molecule has 0 saturated heterocycles. The lowest BCUT2D eigenvalue weighted by atomic mass is 9.82. The fraction of sp³-hybridized carbons (Fsp3) is 0.375.